The summed E-state index contributed by atoms with van der Waals surface area (Å²) in [5.41, 5.74) is 0.455. The Kier molecular flexibility index (Phi) is 7.14. The van der Waals surface area contributed by atoms with Crippen molar-refractivity contribution in [1.82, 2.24) is 0 Å². The van der Waals surface area contributed by atoms with Crippen molar-refractivity contribution in [1.29, 1.82) is 0 Å². The standard InChI is InChI=1S/C18H17F6NO3/c19-17(20,21)16(26)10-25-13-7-4-8-14(9-13)27-11-15(28-18(22,23)24)12-5-2-1-3-6-12/h1-9,15-16,25-26H,10-11H2. The number of anilines is 1. The minimum atomic E-state index is -4.87. The highest BCUT2D eigenvalue weighted by Crippen LogP contribution is 2.29. The molecule has 2 aromatic carbocycles. The summed E-state index contributed by atoms with van der Waals surface area (Å²) in [4.78, 5) is 0. The van der Waals surface area contributed by atoms with Crippen LogP contribution in [0.2, 0.25) is 0 Å². The minimum absolute atomic E-state index is 0.123. The summed E-state index contributed by atoms with van der Waals surface area (Å²) in [5.74, 6) is 0.123. The van der Waals surface area contributed by atoms with Gasteiger partial charge in [-0.2, -0.15) is 13.2 Å². The Morgan fingerprint density at radius 2 is 1.61 bits per heavy atom. The van der Waals surface area contributed by atoms with E-state index in [9.17, 15) is 26.3 Å². The second-order valence-corrected chi connectivity index (χ2v) is 5.74. The lowest BCUT2D eigenvalue weighted by Gasteiger charge is -2.20. The van der Waals surface area contributed by atoms with Crippen LogP contribution < -0.4 is 10.1 Å². The molecule has 0 heterocycles. The second-order valence-electron chi connectivity index (χ2n) is 5.74. The van der Waals surface area contributed by atoms with Crippen LogP contribution in [0.3, 0.4) is 0 Å². The number of hydrogen-bond donors (Lipinski definition) is 2. The molecule has 0 spiro atoms. The molecular formula is C18H17F6NO3. The van der Waals surface area contributed by atoms with Crippen LogP contribution in [-0.2, 0) is 4.74 Å². The number of halogens is 6. The largest absolute Gasteiger partial charge is 0.523 e. The summed E-state index contributed by atoms with van der Waals surface area (Å²) < 4.78 is 84.3. The Morgan fingerprint density at radius 3 is 2.21 bits per heavy atom. The highest BCUT2D eigenvalue weighted by Gasteiger charge is 2.38. The highest BCUT2D eigenvalue weighted by molar-refractivity contribution is 5.48. The van der Waals surface area contributed by atoms with E-state index in [1.165, 1.54) is 36.4 Å². The monoisotopic (exact) mass is 409 g/mol. The first-order chi connectivity index (χ1) is 13.0. The van der Waals surface area contributed by atoms with Crippen LogP contribution >= 0.6 is 0 Å². The van der Waals surface area contributed by atoms with Crippen LogP contribution in [0, 0.1) is 0 Å². The Morgan fingerprint density at radius 1 is 0.929 bits per heavy atom. The van der Waals surface area contributed by atoms with Crippen molar-refractivity contribution in [3.8, 4) is 5.75 Å². The number of aliphatic hydroxyl groups excluding tert-OH is 1. The van der Waals surface area contributed by atoms with Crippen molar-refractivity contribution in [2.75, 3.05) is 18.5 Å². The molecule has 0 amide bonds. The van der Waals surface area contributed by atoms with E-state index < -0.39 is 37.9 Å². The van der Waals surface area contributed by atoms with Gasteiger partial charge in [-0.15, -0.1) is 13.2 Å². The van der Waals surface area contributed by atoms with E-state index in [0.717, 1.165) is 0 Å². The molecule has 2 rings (SSSR count). The molecule has 2 atom stereocenters. The number of ether oxygens (including phenoxy) is 2. The van der Waals surface area contributed by atoms with Gasteiger partial charge in [-0.3, -0.25) is 4.74 Å². The Balaban J connectivity index is 2.01. The van der Waals surface area contributed by atoms with E-state index in [1.807, 2.05) is 0 Å². The van der Waals surface area contributed by atoms with E-state index in [4.69, 9.17) is 9.84 Å². The van der Waals surface area contributed by atoms with Gasteiger partial charge in [0.15, 0.2) is 6.10 Å². The fourth-order valence-electron chi connectivity index (χ4n) is 2.23. The summed E-state index contributed by atoms with van der Waals surface area (Å²) in [7, 11) is 0. The molecule has 0 aliphatic rings. The molecule has 2 N–H and O–H groups in total. The number of benzene rings is 2. The van der Waals surface area contributed by atoms with Crippen LogP contribution in [-0.4, -0.2) is 36.9 Å². The van der Waals surface area contributed by atoms with Gasteiger partial charge in [0.1, 0.15) is 18.5 Å². The number of alkyl halides is 6. The Hall–Kier alpha value is -2.46. The zero-order chi connectivity index (χ0) is 20.8. The number of aliphatic hydroxyl groups is 1. The molecular weight excluding hydrogens is 392 g/mol. The summed E-state index contributed by atoms with van der Waals surface area (Å²) in [5, 5.41) is 11.4. The maximum absolute atomic E-state index is 12.7. The van der Waals surface area contributed by atoms with E-state index in [1.54, 1.807) is 18.2 Å². The SMILES string of the molecule is OC(CNc1cccc(OCC(OC(F)(F)F)c2ccccc2)c1)C(F)(F)F. The van der Waals surface area contributed by atoms with Crippen LogP contribution in [0.4, 0.5) is 32.0 Å². The van der Waals surface area contributed by atoms with Gasteiger partial charge in [-0.1, -0.05) is 36.4 Å². The molecule has 2 aromatic rings. The van der Waals surface area contributed by atoms with Crippen LogP contribution in [0.5, 0.6) is 5.75 Å². The lowest BCUT2D eigenvalue weighted by Crippen LogP contribution is -2.34. The quantitative estimate of drug-likeness (QED) is 0.622. The molecule has 0 fully saturated rings. The zero-order valence-electron chi connectivity index (χ0n) is 14.3. The van der Waals surface area contributed by atoms with Gasteiger partial charge < -0.3 is 15.2 Å². The predicted octanol–water partition coefficient (Wildman–Crippen LogP) is 4.68. The number of rotatable bonds is 8. The molecule has 0 radical (unpaired) electrons. The van der Waals surface area contributed by atoms with Crippen molar-refractivity contribution in [2.24, 2.45) is 0 Å². The zero-order valence-corrected chi connectivity index (χ0v) is 14.3. The van der Waals surface area contributed by atoms with Crippen molar-refractivity contribution < 1.29 is 40.9 Å². The highest BCUT2D eigenvalue weighted by atomic mass is 19.4. The summed E-state index contributed by atoms with van der Waals surface area (Å²) in [6.07, 6.45) is -13.6. The van der Waals surface area contributed by atoms with Gasteiger partial charge in [0.25, 0.3) is 0 Å². The third kappa shape index (κ3) is 7.28. The topological polar surface area (TPSA) is 50.7 Å². The van der Waals surface area contributed by atoms with Gasteiger partial charge in [-0.05, 0) is 17.7 Å². The van der Waals surface area contributed by atoms with E-state index >= 15 is 0 Å². The van der Waals surface area contributed by atoms with Crippen molar-refractivity contribution >= 4 is 5.69 Å². The number of nitrogens with one attached hydrogen (secondary N) is 1. The van der Waals surface area contributed by atoms with Crippen molar-refractivity contribution in [3.63, 3.8) is 0 Å². The van der Waals surface area contributed by atoms with Gasteiger partial charge in [0.05, 0.1) is 0 Å². The molecule has 4 nitrogen and oxygen atoms in total. The summed E-state index contributed by atoms with van der Waals surface area (Å²) >= 11 is 0. The third-order valence-corrected chi connectivity index (χ3v) is 3.56. The first-order valence-corrected chi connectivity index (χ1v) is 8.05. The van der Waals surface area contributed by atoms with E-state index in [2.05, 4.69) is 10.1 Å². The Bertz CT molecular complexity index is 736. The maximum atomic E-state index is 12.7. The second kappa shape index (κ2) is 9.16. The van der Waals surface area contributed by atoms with Crippen molar-refractivity contribution in [3.05, 3.63) is 60.2 Å². The molecule has 28 heavy (non-hydrogen) atoms. The van der Waals surface area contributed by atoms with Crippen LogP contribution in [0.1, 0.15) is 11.7 Å². The molecule has 0 aliphatic carbocycles. The maximum Gasteiger partial charge on any atom is 0.523 e. The summed E-state index contributed by atoms with van der Waals surface area (Å²) in [6.45, 7) is -1.26. The van der Waals surface area contributed by atoms with Crippen LogP contribution in [0.15, 0.2) is 54.6 Å². The van der Waals surface area contributed by atoms with Gasteiger partial charge in [0.2, 0.25) is 0 Å². The van der Waals surface area contributed by atoms with E-state index in [-0.39, 0.29) is 17.0 Å². The van der Waals surface area contributed by atoms with Gasteiger partial charge in [-0.25, -0.2) is 0 Å². The fourth-order valence-corrected chi connectivity index (χ4v) is 2.23. The van der Waals surface area contributed by atoms with Gasteiger partial charge in [0, 0.05) is 18.3 Å². The van der Waals surface area contributed by atoms with E-state index in [0.29, 0.717) is 0 Å². The lowest BCUT2D eigenvalue weighted by atomic mass is 10.1. The molecule has 0 saturated carbocycles. The molecule has 0 saturated heterocycles. The minimum Gasteiger partial charge on any atom is -0.490 e. The molecule has 0 bridgehead atoms. The third-order valence-electron chi connectivity index (χ3n) is 3.56. The van der Waals surface area contributed by atoms with Crippen molar-refractivity contribution in [2.45, 2.75) is 24.7 Å². The summed E-state index contributed by atoms with van der Waals surface area (Å²) in [6, 6.07) is 13.3. The Labute approximate surface area is 156 Å². The predicted molar refractivity (Wildman–Crippen MR) is 88.8 cm³/mol. The normalized spacial score (nSPS) is 14.4. The fraction of sp³-hybridized carbons (Fsp3) is 0.333. The number of hydrogen-bond acceptors (Lipinski definition) is 4. The smallest absolute Gasteiger partial charge is 0.490 e. The average Bonchev–Trinajstić information content (AvgIpc) is 2.62. The average molecular weight is 409 g/mol. The molecule has 10 heteroatoms. The van der Waals surface area contributed by atoms with Gasteiger partial charge >= 0.3 is 12.5 Å². The first-order valence-electron chi connectivity index (χ1n) is 8.05. The lowest BCUT2D eigenvalue weighted by molar-refractivity contribution is -0.347. The first kappa shape index (κ1) is 21.8. The molecule has 0 aliphatic heterocycles. The molecule has 0 aromatic heterocycles. The molecule has 2 unspecified atom stereocenters. The molecule has 154 valence electrons. The van der Waals surface area contributed by atoms with Crippen LogP contribution in [0.25, 0.3) is 0 Å².